The van der Waals surface area contributed by atoms with E-state index < -0.39 is 54.5 Å². The Morgan fingerprint density at radius 3 is 2.64 bits per heavy atom. The standard InChI is InChI=1S/C32H42N4O8/c1-32(2,3)31(41)44-17-43-16-25(37)23(13-18-11-12-33-28(18)38)35-29(39)27-20-8-5-7-19(20)15-36(27)30(40)24-14-21-22(34-24)9-6-10-26(21)42-4/h6,9-10,14,18-20,23,27,34H,5,7-8,11-13,15-17H2,1-4H3,(H,33,38)(H,35,39)/t18-,19-,20-,23-,27-/m0/s1. The van der Waals surface area contributed by atoms with E-state index in [4.69, 9.17) is 14.2 Å². The quantitative estimate of drug-likeness (QED) is 0.199. The number of hydrogen-bond donors (Lipinski definition) is 3. The van der Waals surface area contributed by atoms with Gasteiger partial charge in [-0.1, -0.05) is 12.5 Å². The molecule has 1 aromatic carbocycles. The summed E-state index contributed by atoms with van der Waals surface area (Å²) in [6, 6.07) is 5.49. The van der Waals surface area contributed by atoms with Crippen LogP contribution in [0.25, 0.3) is 10.9 Å². The van der Waals surface area contributed by atoms with Gasteiger partial charge in [0.1, 0.15) is 24.1 Å². The number of carbonyl (C=O) groups excluding carboxylic acids is 5. The van der Waals surface area contributed by atoms with Crippen LogP contribution in [0.2, 0.25) is 0 Å². The lowest BCUT2D eigenvalue weighted by Crippen LogP contribution is -2.53. The van der Waals surface area contributed by atoms with Crippen molar-refractivity contribution in [3.8, 4) is 5.75 Å². The predicted octanol–water partition coefficient (Wildman–Crippen LogP) is 2.56. The SMILES string of the molecule is COc1cccc2[nH]c(C(=O)N3C[C@@H]4CCC[C@@H]4[C@H]3C(=O)N[C@@H](C[C@@H]3CCNC3=O)C(=O)COCOC(=O)C(C)(C)C)cc12. The molecule has 238 valence electrons. The zero-order chi connectivity index (χ0) is 31.6. The molecule has 3 fully saturated rings. The topological polar surface area (TPSA) is 156 Å². The van der Waals surface area contributed by atoms with Gasteiger partial charge in [-0.25, -0.2) is 0 Å². The average molecular weight is 611 g/mol. The smallest absolute Gasteiger partial charge is 0.313 e. The van der Waals surface area contributed by atoms with E-state index in [0.717, 1.165) is 30.2 Å². The first-order valence-corrected chi connectivity index (χ1v) is 15.3. The zero-order valence-electron chi connectivity index (χ0n) is 25.8. The molecule has 5 rings (SSSR count). The first kappa shape index (κ1) is 31.5. The van der Waals surface area contributed by atoms with Crippen LogP contribution in [0.4, 0.5) is 0 Å². The fraction of sp³-hybridized carbons (Fsp3) is 0.594. The van der Waals surface area contributed by atoms with Crippen LogP contribution >= 0.6 is 0 Å². The highest BCUT2D eigenvalue weighted by molar-refractivity contribution is 6.02. The van der Waals surface area contributed by atoms with Gasteiger partial charge in [0.25, 0.3) is 5.91 Å². The van der Waals surface area contributed by atoms with Crippen molar-refractivity contribution < 1.29 is 38.2 Å². The van der Waals surface area contributed by atoms with Gasteiger partial charge in [-0.3, -0.25) is 24.0 Å². The number of nitrogens with zero attached hydrogens (tertiary/aromatic N) is 1. The van der Waals surface area contributed by atoms with E-state index in [-0.39, 0.29) is 30.1 Å². The van der Waals surface area contributed by atoms with E-state index in [1.54, 1.807) is 38.8 Å². The molecule has 44 heavy (non-hydrogen) atoms. The van der Waals surface area contributed by atoms with Gasteiger partial charge in [-0.05, 0) is 76.5 Å². The average Bonchev–Trinajstić information content (AvgIpc) is 3.77. The Morgan fingerprint density at radius 1 is 1.14 bits per heavy atom. The van der Waals surface area contributed by atoms with Crippen molar-refractivity contribution in [3.63, 3.8) is 0 Å². The fourth-order valence-electron chi connectivity index (χ4n) is 6.66. The van der Waals surface area contributed by atoms with E-state index in [1.165, 1.54) is 0 Å². The Labute approximate surface area is 256 Å². The molecule has 0 radical (unpaired) electrons. The van der Waals surface area contributed by atoms with Gasteiger partial charge in [-0.2, -0.15) is 0 Å². The lowest BCUT2D eigenvalue weighted by atomic mass is 9.92. The lowest BCUT2D eigenvalue weighted by molar-refractivity contribution is -0.167. The molecule has 3 heterocycles. The Morgan fingerprint density at radius 2 is 1.93 bits per heavy atom. The molecule has 12 heteroatoms. The molecule has 0 unspecified atom stereocenters. The maximum Gasteiger partial charge on any atom is 0.313 e. The Balaban J connectivity index is 1.32. The van der Waals surface area contributed by atoms with Crippen molar-refractivity contribution in [2.45, 2.75) is 65.0 Å². The number of esters is 1. The first-order chi connectivity index (χ1) is 21.0. The van der Waals surface area contributed by atoms with Crippen LogP contribution in [0.15, 0.2) is 24.3 Å². The van der Waals surface area contributed by atoms with Crippen LogP contribution in [0.5, 0.6) is 5.75 Å². The maximum absolute atomic E-state index is 14.0. The van der Waals surface area contributed by atoms with Crippen molar-refractivity contribution in [1.82, 2.24) is 20.5 Å². The predicted molar refractivity (Wildman–Crippen MR) is 160 cm³/mol. The van der Waals surface area contributed by atoms with Gasteiger partial charge in [0, 0.05) is 29.9 Å². The molecule has 2 aromatic rings. The minimum Gasteiger partial charge on any atom is -0.496 e. The minimum atomic E-state index is -1.01. The summed E-state index contributed by atoms with van der Waals surface area (Å²) in [5, 5.41) is 6.44. The molecule has 1 saturated carbocycles. The van der Waals surface area contributed by atoms with E-state index in [9.17, 15) is 24.0 Å². The highest BCUT2D eigenvalue weighted by atomic mass is 16.7. The third kappa shape index (κ3) is 6.59. The van der Waals surface area contributed by atoms with E-state index in [1.807, 2.05) is 18.2 Å². The van der Waals surface area contributed by atoms with E-state index in [2.05, 4.69) is 15.6 Å². The van der Waals surface area contributed by atoms with Crippen molar-refractivity contribution >= 4 is 40.4 Å². The van der Waals surface area contributed by atoms with Crippen LogP contribution < -0.4 is 15.4 Å². The molecule has 2 saturated heterocycles. The number of aromatic amines is 1. The van der Waals surface area contributed by atoms with Gasteiger partial charge < -0.3 is 34.7 Å². The molecule has 3 aliphatic rings. The summed E-state index contributed by atoms with van der Waals surface area (Å²) in [6.07, 6.45) is 3.35. The minimum absolute atomic E-state index is 0.0311. The van der Waals surface area contributed by atoms with Gasteiger partial charge in [-0.15, -0.1) is 0 Å². The molecular formula is C32H42N4O8. The maximum atomic E-state index is 14.0. The second-order valence-corrected chi connectivity index (χ2v) is 13.0. The normalized spacial score (nSPS) is 23.7. The number of H-pyrrole nitrogens is 1. The molecule has 0 bridgehead atoms. The number of fused-ring (bicyclic) bond motifs is 2. The van der Waals surface area contributed by atoms with Gasteiger partial charge >= 0.3 is 5.97 Å². The number of nitrogens with one attached hydrogen (secondary N) is 3. The van der Waals surface area contributed by atoms with Gasteiger partial charge in [0.15, 0.2) is 12.6 Å². The van der Waals surface area contributed by atoms with Crippen LogP contribution in [0, 0.1) is 23.2 Å². The first-order valence-electron chi connectivity index (χ1n) is 15.3. The summed E-state index contributed by atoms with van der Waals surface area (Å²) >= 11 is 0. The number of aromatic nitrogens is 1. The molecule has 3 amide bonds. The fourth-order valence-corrected chi connectivity index (χ4v) is 6.66. The summed E-state index contributed by atoms with van der Waals surface area (Å²) in [6.45, 7) is 5.25. The largest absolute Gasteiger partial charge is 0.496 e. The number of methoxy groups -OCH3 is 1. The third-order valence-corrected chi connectivity index (χ3v) is 9.01. The third-order valence-electron chi connectivity index (χ3n) is 9.01. The number of ketones is 1. The molecule has 2 aliphatic heterocycles. The highest BCUT2D eigenvalue weighted by Crippen LogP contribution is 2.43. The second-order valence-electron chi connectivity index (χ2n) is 13.0. The van der Waals surface area contributed by atoms with Crippen LogP contribution in [-0.2, 0) is 28.7 Å². The monoisotopic (exact) mass is 610 g/mol. The van der Waals surface area contributed by atoms with E-state index >= 15 is 0 Å². The molecule has 1 aromatic heterocycles. The number of amides is 3. The molecule has 0 spiro atoms. The highest BCUT2D eigenvalue weighted by Gasteiger charge is 2.50. The summed E-state index contributed by atoms with van der Waals surface area (Å²) in [7, 11) is 1.57. The number of ether oxygens (including phenoxy) is 3. The summed E-state index contributed by atoms with van der Waals surface area (Å²) in [4.78, 5) is 70.5. The number of rotatable bonds is 11. The summed E-state index contributed by atoms with van der Waals surface area (Å²) in [5.41, 5.74) is 0.388. The number of likely N-dealkylation sites (tertiary alicyclic amines) is 1. The number of benzene rings is 1. The summed E-state index contributed by atoms with van der Waals surface area (Å²) in [5.74, 6) is -1.44. The summed E-state index contributed by atoms with van der Waals surface area (Å²) < 4.78 is 15.9. The van der Waals surface area contributed by atoms with Crippen LogP contribution in [0.3, 0.4) is 0 Å². The van der Waals surface area contributed by atoms with Crippen molar-refractivity contribution in [3.05, 3.63) is 30.0 Å². The molecule has 1 aliphatic carbocycles. The van der Waals surface area contributed by atoms with Crippen LogP contribution in [0.1, 0.15) is 63.4 Å². The van der Waals surface area contributed by atoms with Crippen molar-refractivity contribution in [2.24, 2.45) is 23.2 Å². The van der Waals surface area contributed by atoms with Crippen LogP contribution in [-0.4, -0.2) is 85.0 Å². The lowest BCUT2D eigenvalue weighted by Gasteiger charge is -2.29. The van der Waals surface area contributed by atoms with Crippen molar-refractivity contribution in [2.75, 3.05) is 33.6 Å². The number of Topliss-reactive ketones (excluding diaryl/α,β-unsaturated/α-hetero) is 1. The molecule has 3 N–H and O–H groups in total. The van der Waals surface area contributed by atoms with E-state index in [0.29, 0.717) is 31.0 Å². The molecule has 5 atom stereocenters. The Kier molecular flexibility index (Phi) is 9.28. The number of hydrogen-bond acceptors (Lipinski definition) is 8. The number of carbonyl (C=O) groups is 5. The van der Waals surface area contributed by atoms with Gasteiger partial charge in [0.2, 0.25) is 11.8 Å². The van der Waals surface area contributed by atoms with Gasteiger partial charge in [0.05, 0.1) is 18.6 Å². The zero-order valence-corrected chi connectivity index (χ0v) is 25.8. The second kappa shape index (κ2) is 13.0. The van der Waals surface area contributed by atoms with Crippen molar-refractivity contribution in [1.29, 1.82) is 0 Å². The molecular weight excluding hydrogens is 568 g/mol. The Hall–Kier alpha value is -3.93. The Bertz CT molecular complexity index is 1430. The molecule has 12 nitrogen and oxygen atoms in total.